The van der Waals surface area contributed by atoms with Gasteiger partial charge in [0.05, 0.1) is 6.10 Å². The molecular formula is C19H24O4. The maximum absolute atomic E-state index is 11.3. The van der Waals surface area contributed by atoms with E-state index in [2.05, 4.69) is 0 Å². The van der Waals surface area contributed by atoms with E-state index < -0.39 is 11.8 Å². The summed E-state index contributed by atoms with van der Waals surface area (Å²) in [6.07, 6.45) is 8.21. The Morgan fingerprint density at radius 1 is 1.26 bits per heavy atom. The molecule has 1 aliphatic rings. The van der Waals surface area contributed by atoms with Crippen LogP contribution in [-0.2, 0) is 15.1 Å². The van der Waals surface area contributed by atoms with E-state index in [1.165, 1.54) is 0 Å². The fourth-order valence-electron chi connectivity index (χ4n) is 2.92. The minimum Gasteiger partial charge on any atom is -0.450 e. The molecule has 1 aliphatic carbocycles. The van der Waals surface area contributed by atoms with Gasteiger partial charge in [-0.15, -0.1) is 0 Å². The van der Waals surface area contributed by atoms with Crippen molar-refractivity contribution in [1.82, 2.24) is 0 Å². The lowest BCUT2D eigenvalue weighted by atomic mass is 9.76. The van der Waals surface area contributed by atoms with Gasteiger partial charge in [0.1, 0.15) is 0 Å². The summed E-state index contributed by atoms with van der Waals surface area (Å²) in [5.41, 5.74) is -0.127. The second-order valence-corrected chi connectivity index (χ2v) is 5.94. The first-order valence-corrected chi connectivity index (χ1v) is 7.99. The quantitative estimate of drug-likeness (QED) is 0.593. The molecule has 0 radical (unpaired) electrons. The predicted octanol–water partition coefficient (Wildman–Crippen LogP) is 4.52. The zero-order chi connectivity index (χ0) is 16.7. The molecule has 4 heteroatoms. The average Bonchev–Trinajstić information content (AvgIpc) is 2.53. The number of allylic oxidation sites excluding steroid dienone is 2. The van der Waals surface area contributed by atoms with Crippen molar-refractivity contribution in [3.05, 3.63) is 60.2 Å². The zero-order valence-electron chi connectivity index (χ0n) is 13.6. The van der Waals surface area contributed by atoms with E-state index in [9.17, 15) is 9.90 Å². The van der Waals surface area contributed by atoms with Crippen molar-refractivity contribution in [3.63, 3.8) is 0 Å². The molecule has 4 nitrogen and oxygen atoms in total. The number of hydrogen-bond acceptors (Lipinski definition) is 3. The first kappa shape index (κ1) is 17.3. The third-order valence-electron chi connectivity index (χ3n) is 3.94. The summed E-state index contributed by atoms with van der Waals surface area (Å²) in [5, 5.41) is 9.25. The fourth-order valence-corrected chi connectivity index (χ4v) is 2.92. The second kappa shape index (κ2) is 7.97. The van der Waals surface area contributed by atoms with Gasteiger partial charge in [0.2, 0.25) is 0 Å². The molecule has 0 fully saturated rings. The first-order valence-electron chi connectivity index (χ1n) is 7.99. The van der Waals surface area contributed by atoms with Crippen LogP contribution in [-0.4, -0.2) is 24.0 Å². The number of rotatable bonds is 7. The summed E-state index contributed by atoms with van der Waals surface area (Å²) in [5.74, 6) is -0.0539. The van der Waals surface area contributed by atoms with Crippen LogP contribution in [0, 0.1) is 5.92 Å². The molecule has 1 aromatic rings. The smallest absolute Gasteiger partial charge is 0.450 e. The van der Waals surface area contributed by atoms with E-state index in [0.29, 0.717) is 6.61 Å². The van der Waals surface area contributed by atoms with Crippen LogP contribution >= 0.6 is 0 Å². The molecule has 0 amide bonds. The number of hydrogen-bond donors (Lipinski definition) is 1. The Bertz CT molecular complexity index is 562. The van der Waals surface area contributed by atoms with Crippen molar-refractivity contribution in [2.24, 2.45) is 5.92 Å². The van der Waals surface area contributed by atoms with Crippen LogP contribution in [0.5, 0.6) is 0 Å². The van der Waals surface area contributed by atoms with Crippen LogP contribution in [0.3, 0.4) is 0 Å². The lowest BCUT2D eigenvalue weighted by Gasteiger charge is -2.37. The van der Waals surface area contributed by atoms with Crippen molar-refractivity contribution in [2.45, 2.75) is 38.4 Å². The number of carbonyl (C=O) groups is 1. The summed E-state index contributed by atoms with van der Waals surface area (Å²) in [6, 6.07) is 9.51. The monoisotopic (exact) mass is 316 g/mol. The van der Waals surface area contributed by atoms with E-state index in [1.807, 2.05) is 68.5 Å². The van der Waals surface area contributed by atoms with Gasteiger partial charge in [0.25, 0.3) is 0 Å². The molecule has 0 spiro atoms. The average molecular weight is 316 g/mol. The van der Waals surface area contributed by atoms with Gasteiger partial charge in [-0.1, -0.05) is 48.6 Å². The van der Waals surface area contributed by atoms with Crippen molar-refractivity contribution >= 4 is 6.16 Å². The highest BCUT2D eigenvalue weighted by molar-refractivity contribution is 5.59. The molecule has 0 aromatic heterocycles. The largest absolute Gasteiger partial charge is 0.507 e. The lowest BCUT2D eigenvalue weighted by molar-refractivity contribution is -0.0225. The minimum absolute atomic E-state index is 0.0539. The Kier molecular flexibility index (Phi) is 5.99. The van der Waals surface area contributed by atoms with Crippen LogP contribution in [0.2, 0.25) is 0 Å². The number of benzene rings is 1. The summed E-state index contributed by atoms with van der Waals surface area (Å²) in [4.78, 5) is 11.3. The number of carboxylic acid groups (broad SMARTS) is 1. The van der Waals surface area contributed by atoms with E-state index in [-0.39, 0.29) is 12.0 Å². The molecule has 23 heavy (non-hydrogen) atoms. The highest BCUT2D eigenvalue weighted by Crippen LogP contribution is 2.41. The van der Waals surface area contributed by atoms with Gasteiger partial charge < -0.3 is 14.6 Å². The van der Waals surface area contributed by atoms with Crippen LogP contribution < -0.4 is 0 Å². The molecular weight excluding hydrogens is 292 g/mol. The molecule has 0 aliphatic heterocycles. The molecule has 1 aromatic carbocycles. The standard InChI is InChI=1S/C19H24O4/c1-15(2)22-14-8-12-17-11-6-7-13-19(17,23-18(20)21)16-9-4-3-5-10-16/h3-7,9-11,13,15,17H,8,12,14H2,1-2H3,(H,20,21). The van der Waals surface area contributed by atoms with Gasteiger partial charge in [-0.25, -0.2) is 4.79 Å². The Hall–Kier alpha value is -2.07. The fraction of sp³-hybridized carbons (Fsp3) is 0.421. The number of ether oxygens (including phenoxy) is 2. The second-order valence-electron chi connectivity index (χ2n) is 5.94. The Labute approximate surface area is 137 Å². The van der Waals surface area contributed by atoms with E-state index >= 15 is 0 Å². The van der Waals surface area contributed by atoms with Crippen molar-refractivity contribution in [3.8, 4) is 0 Å². The normalized spacial score (nSPS) is 23.2. The topological polar surface area (TPSA) is 55.8 Å². The van der Waals surface area contributed by atoms with Crippen molar-refractivity contribution in [2.75, 3.05) is 6.61 Å². The Morgan fingerprint density at radius 2 is 2.00 bits per heavy atom. The maximum atomic E-state index is 11.3. The van der Waals surface area contributed by atoms with Crippen LogP contribution in [0.1, 0.15) is 32.3 Å². The summed E-state index contributed by atoms with van der Waals surface area (Å²) in [6.45, 7) is 4.67. The third kappa shape index (κ3) is 4.45. The van der Waals surface area contributed by atoms with Gasteiger partial charge in [0, 0.05) is 18.1 Å². The van der Waals surface area contributed by atoms with Crippen molar-refractivity contribution < 1.29 is 19.4 Å². The summed E-state index contributed by atoms with van der Waals surface area (Å²) in [7, 11) is 0. The molecule has 2 atom stereocenters. The zero-order valence-corrected chi connectivity index (χ0v) is 13.6. The lowest BCUT2D eigenvalue weighted by Crippen LogP contribution is -2.38. The van der Waals surface area contributed by atoms with Gasteiger partial charge in [0.15, 0.2) is 5.60 Å². The van der Waals surface area contributed by atoms with Gasteiger partial charge >= 0.3 is 6.16 Å². The van der Waals surface area contributed by atoms with Crippen LogP contribution in [0.4, 0.5) is 4.79 Å². The molecule has 2 unspecified atom stereocenters. The molecule has 0 saturated carbocycles. The molecule has 1 N–H and O–H groups in total. The first-order chi connectivity index (χ1) is 11.0. The third-order valence-corrected chi connectivity index (χ3v) is 3.94. The minimum atomic E-state index is -1.27. The Morgan fingerprint density at radius 3 is 2.65 bits per heavy atom. The van der Waals surface area contributed by atoms with Gasteiger partial charge in [-0.2, -0.15) is 0 Å². The predicted molar refractivity (Wildman–Crippen MR) is 89.3 cm³/mol. The molecule has 124 valence electrons. The van der Waals surface area contributed by atoms with Gasteiger partial charge in [-0.05, 0) is 32.8 Å². The highest BCUT2D eigenvalue weighted by Gasteiger charge is 2.41. The maximum Gasteiger partial charge on any atom is 0.507 e. The van der Waals surface area contributed by atoms with Crippen LogP contribution in [0.15, 0.2) is 54.6 Å². The molecule has 2 rings (SSSR count). The SMILES string of the molecule is CC(C)OCCCC1C=CC=CC1(OC(=O)O)c1ccccc1. The van der Waals surface area contributed by atoms with Crippen molar-refractivity contribution in [1.29, 1.82) is 0 Å². The van der Waals surface area contributed by atoms with E-state index in [0.717, 1.165) is 18.4 Å². The highest BCUT2D eigenvalue weighted by atomic mass is 16.7. The van der Waals surface area contributed by atoms with E-state index in [1.54, 1.807) is 0 Å². The molecule has 0 saturated heterocycles. The van der Waals surface area contributed by atoms with Gasteiger partial charge in [-0.3, -0.25) is 0 Å². The van der Waals surface area contributed by atoms with Crippen LogP contribution in [0.25, 0.3) is 0 Å². The molecule has 0 bridgehead atoms. The van der Waals surface area contributed by atoms with E-state index in [4.69, 9.17) is 9.47 Å². The summed E-state index contributed by atoms with van der Waals surface area (Å²) < 4.78 is 11.0. The molecule has 0 heterocycles. The Balaban J connectivity index is 2.21. The summed E-state index contributed by atoms with van der Waals surface area (Å²) >= 11 is 0.